The van der Waals surface area contributed by atoms with Gasteiger partial charge < -0.3 is 0 Å². The monoisotopic (exact) mass is 314 g/mol. The Morgan fingerprint density at radius 1 is 1.47 bits per heavy atom. The first kappa shape index (κ1) is 10.3. The number of nitro benzene ring substituents is 1. The molecule has 2 aromatic rings. The molecule has 76 valence electrons. The van der Waals surface area contributed by atoms with Crippen LogP contribution in [0.25, 0.3) is 10.9 Å². The molecule has 15 heavy (non-hydrogen) atoms. The summed E-state index contributed by atoms with van der Waals surface area (Å²) in [6.07, 6.45) is 1.71. The third kappa shape index (κ3) is 1.79. The van der Waals surface area contributed by atoms with Gasteiger partial charge in [-0.2, -0.15) is 0 Å². The number of rotatable bonds is 1. The maximum Gasteiger partial charge on any atom is 0.278 e. The van der Waals surface area contributed by atoms with Gasteiger partial charge in [-0.1, -0.05) is 6.07 Å². The highest BCUT2D eigenvalue weighted by molar-refractivity contribution is 14.1. The quantitative estimate of drug-likeness (QED) is 0.462. The molecule has 1 heterocycles. The van der Waals surface area contributed by atoms with Gasteiger partial charge in [0, 0.05) is 15.8 Å². The maximum absolute atomic E-state index is 10.8. The topological polar surface area (TPSA) is 56.0 Å². The number of halogens is 1. The van der Waals surface area contributed by atoms with E-state index in [1.807, 2.05) is 6.92 Å². The number of pyridine rings is 1. The first-order chi connectivity index (χ1) is 7.09. The van der Waals surface area contributed by atoms with E-state index in [0.717, 1.165) is 9.13 Å². The van der Waals surface area contributed by atoms with Crippen LogP contribution in [0, 0.1) is 20.6 Å². The van der Waals surface area contributed by atoms with Crippen LogP contribution in [0.5, 0.6) is 0 Å². The van der Waals surface area contributed by atoms with Crippen LogP contribution < -0.4 is 0 Å². The molecule has 0 bridgehead atoms. The minimum atomic E-state index is -0.375. The van der Waals surface area contributed by atoms with E-state index in [-0.39, 0.29) is 10.6 Å². The minimum absolute atomic E-state index is 0.113. The zero-order chi connectivity index (χ0) is 11.0. The summed E-state index contributed by atoms with van der Waals surface area (Å²) in [7, 11) is 0. The van der Waals surface area contributed by atoms with Crippen LogP contribution in [0.4, 0.5) is 5.69 Å². The van der Waals surface area contributed by atoms with Gasteiger partial charge in [0.05, 0.1) is 15.8 Å². The number of hydrogen-bond acceptors (Lipinski definition) is 3. The zero-order valence-electron chi connectivity index (χ0n) is 7.90. The van der Waals surface area contributed by atoms with Gasteiger partial charge in [0.25, 0.3) is 5.69 Å². The van der Waals surface area contributed by atoms with Crippen molar-refractivity contribution in [3.63, 3.8) is 0 Å². The molecule has 0 saturated heterocycles. The van der Waals surface area contributed by atoms with Crippen LogP contribution in [-0.2, 0) is 0 Å². The molecule has 5 heteroatoms. The summed E-state index contributed by atoms with van der Waals surface area (Å²) in [5.74, 6) is 0. The highest BCUT2D eigenvalue weighted by Gasteiger charge is 2.13. The van der Waals surface area contributed by atoms with Crippen molar-refractivity contribution < 1.29 is 4.92 Å². The fourth-order valence-corrected chi connectivity index (χ4v) is 1.93. The Morgan fingerprint density at radius 2 is 2.20 bits per heavy atom. The Kier molecular flexibility index (Phi) is 2.56. The predicted octanol–water partition coefficient (Wildman–Crippen LogP) is 3.06. The summed E-state index contributed by atoms with van der Waals surface area (Å²) >= 11 is 2.09. The van der Waals surface area contributed by atoms with Crippen molar-refractivity contribution >= 4 is 39.2 Å². The predicted molar refractivity (Wildman–Crippen MR) is 65.9 cm³/mol. The second-order valence-corrected chi connectivity index (χ2v) is 4.45. The minimum Gasteiger partial charge on any atom is -0.258 e. The molecule has 0 aliphatic carbocycles. The molecule has 0 radical (unpaired) electrons. The van der Waals surface area contributed by atoms with Gasteiger partial charge in [0.15, 0.2) is 0 Å². The molecule has 1 aromatic heterocycles. The lowest BCUT2D eigenvalue weighted by Crippen LogP contribution is -1.93. The first-order valence-electron chi connectivity index (χ1n) is 4.29. The van der Waals surface area contributed by atoms with Crippen LogP contribution in [0.1, 0.15) is 5.56 Å². The van der Waals surface area contributed by atoms with Crippen LogP contribution in [0.15, 0.2) is 24.4 Å². The lowest BCUT2D eigenvalue weighted by atomic mass is 10.1. The van der Waals surface area contributed by atoms with Crippen molar-refractivity contribution in [2.45, 2.75) is 6.92 Å². The summed E-state index contributed by atoms with van der Waals surface area (Å²) in [6, 6.07) is 5.03. The molecule has 0 spiro atoms. The van der Waals surface area contributed by atoms with Gasteiger partial charge in [-0.05, 0) is 41.1 Å². The normalized spacial score (nSPS) is 10.5. The Labute approximate surface area is 99.6 Å². The highest BCUT2D eigenvalue weighted by atomic mass is 127. The van der Waals surface area contributed by atoms with Crippen LogP contribution in [-0.4, -0.2) is 9.91 Å². The molecule has 0 unspecified atom stereocenters. The zero-order valence-corrected chi connectivity index (χ0v) is 10.1. The van der Waals surface area contributed by atoms with Gasteiger partial charge in [-0.15, -0.1) is 0 Å². The first-order valence-corrected chi connectivity index (χ1v) is 5.37. The van der Waals surface area contributed by atoms with E-state index in [2.05, 4.69) is 27.6 Å². The van der Waals surface area contributed by atoms with Crippen molar-refractivity contribution in [1.29, 1.82) is 0 Å². The number of aryl methyl sites for hydroxylation is 1. The number of fused-ring (bicyclic) bond motifs is 1. The number of benzene rings is 1. The Morgan fingerprint density at radius 3 is 2.87 bits per heavy atom. The fourth-order valence-electron chi connectivity index (χ4n) is 1.48. The van der Waals surface area contributed by atoms with Gasteiger partial charge in [-0.25, -0.2) is 0 Å². The van der Waals surface area contributed by atoms with Crippen molar-refractivity contribution in [3.8, 4) is 0 Å². The highest BCUT2D eigenvalue weighted by Crippen LogP contribution is 2.27. The van der Waals surface area contributed by atoms with Crippen LogP contribution >= 0.6 is 22.6 Å². The molecule has 4 nitrogen and oxygen atoms in total. The smallest absolute Gasteiger partial charge is 0.258 e. The number of non-ortho nitro benzene ring substituents is 1. The van der Waals surface area contributed by atoms with E-state index in [0.29, 0.717) is 10.9 Å². The summed E-state index contributed by atoms with van der Waals surface area (Å²) in [5, 5.41) is 11.4. The van der Waals surface area contributed by atoms with E-state index in [4.69, 9.17) is 0 Å². The van der Waals surface area contributed by atoms with Crippen molar-refractivity contribution in [1.82, 2.24) is 4.98 Å². The molecule has 0 aliphatic rings. The van der Waals surface area contributed by atoms with Crippen molar-refractivity contribution in [2.24, 2.45) is 0 Å². The van der Waals surface area contributed by atoms with Crippen molar-refractivity contribution in [3.05, 3.63) is 43.6 Å². The van der Waals surface area contributed by atoms with Gasteiger partial charge in [-0.3, -0.25) is 15.1 Å². The number of aromatic nitrogens is 1. The van der Waals surface area contributed by atoms with E-state index in [1.54, 1.807) is 18.3 Å². The standard InChI is InChI=1S/C10H7IN2O2/c1-6-2-3-9(13(14)15)8-4-7(11)5-12-10(6)8/h2-5H,1H3. The molecule has 0 aliphatic heterocycles. The van der Waals surface area contributed by atoms with Gasteiger partial charge >= 0.3 is 0 Å². The summed E-state index contributed by atoms with van der Waals surface area (Å²) in [6.45, 7) is 1.89. The average molecular weight is 314 g/mol. The lowest BCUT2D eigenvalue weighted by molar-refractivity contribution is -0.383. The third-order valence-corrected chi connectivity index (χ3v) is 2.78. The molecule has 0 fully saturated rings. The number of hydrogen-bond donors (Lipinski definition) is 0. The average Bonchev–Trinajstić information content (AvgIpc) is 2.17. The molecule has 0 atom stereocenters. The summed E-state index contributed by atoms with van der Waals surface area (Å²) < 4.78 is 0.897. The molecular formula is C10H7IN2O2. The number of nitro groups is 1. The molecule has 0 amide bonds. The fraction of sp³-hybridized carbons (Fsp3) is 0.100. The second kappa shape index (κ2) is 3.73. The summed E-state index contributed by atoms with van der Waals surface area (Å²) in [5.41, 5.74) is 1.76. The molecule has 0 saturated carbocycles. The van der Waals surface area contributed by atoms with E-state index >= 15 is 0 Å². The van der Waals surface area contributed by atoms with Crippen molar-refractivity contribution in [2.75, 3.05) is 0 Å². The van der Waals surface area contributed by atoms with E-state index in [9.17, 15) is 10.1 Å². The van der Waals surface area contributed by atoms with Gasteiger partial charge in [0.1, 0.15) is 0 Å². The molecule has 2 rings (SSSR count). The largest absolute Gasteiger partial charge is 0.278 e. The van der Waals surface area contributed by atoms with Gasteiger partial charge in [0.2, 0.25) is 0 Å². The SMILES string of the molecule is Cc1ccc([N+](=O)[O-])c2cc(I)cnc12. The Hall–Kier alpha value is -1.24. The van der Waals surface area contributed by atoms with Crippen LogP contribution in [0.2, 0.25) is 0 Å². The maximum atomic E-state index is 10.8. The van der Waals surface area contributed by atoms with Crippen LogP contribution in [0.3, 0.4) is 0 Å². The second-order valence-electron chi connectivity index (χ2n) is 3.21. The lowest BCUT2D eigenvalue weighted by Gasteiger charge is -2.02. The Bertz CT molecular complexity index is 554. The third-order valence-electron chi connectivity index (χ3n) is 2.19. The molecule has 1 aromatic carbocycles. The Balaban J connectivity index is 2.90. The van der Waals surface area contributed by atoms with E-state index < -0.39 is 0 Å². The number of nitrogens with zero attached hydrogens (tertiary/aromatic N) is 2. The van der Waals surface area contributed by atoms with E-state index in [1.165, 1.54) is 6.07 Å². The molecular weight excluding hydrogens is 307 g/mol. The summed E-state index contributed by atoms with van der Waals surface area (Å²) in [4.78, 5) is 14.6. The molecule has 0 N–H and O–H groups in total.